The molecule has 1 saturated carbocycles. The predicted molar refractivity (Wildman–Crippen MR) is 87.5 cm³/mol. The van der Waals surface area contributed by atoms with Gasteiger partial charge in [-0.3, -0.25) is 4.79 Å². The van der Waals surface area contributed by atoms with Crippen LogP contribution in [0.25, 0.3) is 0 Å². The van der Waals surface area contributed by atoms with E-state index in [0.717, 1.165) is 35.0 Å². The summed E-state index contributed by atoms with van der Waals surface area (Å²) in [5.74, 6) is 0.798. The van der Waals surface area contributed by atoms with Crippen molar-refractivity contribution in [2.75, 3.05) is 16.4 Å². The van der Waals surface area contributed by atoms with Crippen molar-refractivity contribution >= 4 is 23.0 Å². The second-order valence-corrected chi connectivity index (χ2v) is 6.38. The molecule has 1 amide bonds. The Bertz CT molecular complexity index is 535. The number of benzene rings is 1. The van der Waals surface area contributed by atoms with E-state index < -0.39 is 0 Å². The summed E-state index contributed by atoms with van der Waals surface area (Å²) < 4.78 is 0. The van der Waals surface area contributed by atoms with E-state index in [2.05, 4.69) is 17.6 Å². The third-order valence-electron chi connectivity index (χ3n) is 4.90. The fraction of sp³-hybridized carbons (Fsp3) is 0.588. The second kappa shape index (κ2) is 5.96. The van der Waals surface area contributed by atoms with E-state index >= 15 is 0 Å². The van der Waals surface area contributed by atoms with Crippen molar-refractivity contribution in [2.24, 2.45) is 5.92 Å². The molecule has 21 heavy (non-hydrogen) atoms. The average molecular weight is 287 g/mol. The van der Waals surface area contributed by atoms with Crippen molar-refractivity contribution in [3.05, 3.63) is 17.7 Å². The molecular weight excluding hydrogens is 262 g/mol. The highest BCUT2D eigenvalue weighted by Crippen LogP contribution is 2.34. The molecule has 1 fully saturated rings. The molecule has 3 rings (SSSR count). The predicted octanol–water partition coefficient (Wildman–Crippen LogP) is 3.53. The summed E-state index contributed by atoms with van der Waals surface area (Å²) in [6, 6.07) is 4.41. The number of nitrogens with two attached hydrogens (primary N) is 1. The first-order chi connectivity index (χ1) is 10.2. The summed E-state index contributed by atoms with van der Waals surface area (Å²) in [7, 11) is 0. The van der Waals surface area contributed by atoms with Crippen LogP contribution in [0, 0.1) is 5.92 Å². The first-order valence-electron chi connectivity index (χ1n) is 8.16. The zero-order chi connectivity index (χ0) is 14.8. The molecule has 2 aliphatic rings. The molecule has 0 saturated heterocycles. The van der Waals surface area contributed by atoms with Crippen LogP contribution in [0.4, 0.5) is 17.1 Å². The van der Waals surface area contributed by atoms with Crippen molar-refractivity contribution in [1.29, 1.82) is 0 Å². The normalized spacial score (nSPS) is 20.0. The molecule has 1 heterocycles. The van der Waals surface area contributed by atoms with Crippen molar-refractivity contribution in [1.82, 2.24) is 0 Å². The Labute approximate surface area is 126 Å². The van der Waals surface area contributed by atoms with Crippen LogP contribution in [0.2, 0.25) is 0 Å². The van der Waals surface area contributed by atoms with Crippen LogP contribution in [0.3, 0.4) is 0 Å². The molecule has 1 atom stereocenters. The maximum Gasteiger partial charge on any atom is 0.228 e. The largest absolute Gasteiger partial charge is 0.397 e. The van der Waals surface area contributed by atoms with Crippen LogP contribution in [0.1, 0.15) is 51.0 Å². The molecule has 1 unspecified atom stereocenters. The molecule has 4 heteroatoms. The third-order valence-corrected chi connectivity index (χ3v) is 4.90. The van der Waals surface area contributed by atoms with Gasteiger partial charge in [-0.15, -0.1) is 0 Å². The zero-order valence-electron chi connectivity index (χ0n) is 12.7. The number of carbonyl (C=O) groups excluding carboxylic acids is 1. The van der Waals surface area contributed by atoms with E-state index in [4.69, 9.17) is 5.73 Å². The van der Waals surface area contributed by atoms with Crippen LogP contribution in [0.5, 0.6) is 0 Å². The van der Waals surface area contributed by atoms with Crippen molar-refractivity contribution in [3.63, 3.8) is 0 Å². The van der Waals surface area contributed by atoms with Crippen molar-refractivity contribution < 1.29 is 4.79 Å². The van der Waals surface area contributed by atoms with Gasteiger partial charge in [0.05, 0.1) is 17.8 Å². The number of hydrogen-bond acceptors (Lipinski definition) is 3. The van der Waals surface area contributed by atoms with Gasteiger partial charge in [-0.25, -0.2) is 0 Å². The highest BCUT2D eigenvalue weighted by Gasteiger charge is 2.24. The topological polar surface area (TPSA) is 67.1 Å². The second-order valence-electron chi connectivity index (χ2n) is 6.38. The number of fused-ring (bicyclic) bond motifs is 1. The number of anilines is 3. The van der Waals surface area contributed by atoms with Crippen molar-refractivity contribution in [3.8, 4) is 0 Å². The van der Waals surface area contributed by atoms with Gasteiger partial charge in [0.1, 0.15) is 0 Å². The Kier molecular flexibility index (Phi) is 4.04. The first-order valence-corrected chi connectivity index (χ1v) is 8.16. The lowest BCUT2D eigenvalue weighted by molar-refractivity contribution is -0.115. The Morgan fingerprint density at radius 1 is 1.33 bits per heavy atom. The molecule has 1 aromatic carbocycles. The molecule has 1 aromatic rings. The summed E-state index contributed by atoms with van der Waals surface area (Å²) in [6.07, 6.45) is 8.24. The van der Waals surface area contributed by atoms with Crippen molar-refractivity contribution in [2.45, 2.75) is 57.9 Å². The quantitative estimate of drug-likeness (QED) is 0.742. The van der Waals surface area contributed by atoms with Gasteiger partial charge in [0.2, 0.25) is 5.91 Å². The molecule has 0 bridgehead atoms. The summed E-state index contributed by atoms with van der Waals surface area (Å²) in [4.78, 5) is 11.5. The lowest BCUT2D eigenvalue weighted by atomic mass is 9.83. The molecule has 0 spiro atoms. The van der Waals surface area contributed by atoms with Gasteiger partial charge in [0, 0.05) is 11.7 Å². The van der Waals surface area contributed by atoms with E-state index in [-0.39, 0.29) is 5.91 Å². The highest BCUT2D eigenvalue weighted by atomic mass is 16.1. The van der Waals surface area contributed by atoms with Gasteiger partial charge < -0.3 is 16.4 Å². The molecule has 114 valence electrons. The Hall–Kier alpha value is -1.71. The number of nitrogen functional groups attached to an aromatic ring is 1. The smallest absolute Gasteiger partial charge is 0.228 e. The summed E-state index contributed by atoms with van der Waals surface area (Å²) in [6.45, 7) is 2.23. The standard InChI is InChI=1S/C17H25N3O/c1-2-14(11-6-4-3-5-7-11)19-16-10-15-12(8-13(16)18)9-17(21)20-15/h8,10-11,14,19H,2-7,9,18H2,1H3,(H,20,21). The van der Waals surface area contributed by atoms with Crippen LogP contribution >= 0.6 is 0 Å². The minimum Gasteiger partial charge on any atom is -0.397 e. The van der Waals surface area contributed by atoms with E-state index in [1.165, 1.54) is 32.1 Å². The minimum atomic E-state index is 0.0564. The molecule has 0 radical (unpaired) electrons. The van der Waals surface area contributed by atoms with E-state index in [1.807, 2.05) is 12.1 Å². The lowest BCUT2D eigenvalue weighted by Crippen LogP contribution is -2.30. The third kappa shape index (κ3) is 2.99. The Balaban J connectivity index is 1.77. The maximum absolute atomic E-state index is 11.5. The monoisotopic (exact) mass is 287 g/mol. The van der Waals surface area contributed by atoms with Gasteiger partial charge >= 0.3 is 0 Å². The van der Waals surface area contributed by atoms with Gasteiger partial charge in [-0.2, -0.15) is 0 Å². The number of nitrogens with one attached hydrogen (secondary N) is 2. The molecular formula is C17H25N3O. The number of amides is 1. The first kappa shape index (κ1) is 14.2. The Morgan fingerprint density at radius 2 is 2.10 bits per heavy atom. The Morgan fingerprint density at radius 3 is 2.81 bits per heavy atom. The number of hydrogen-bond donors (Lipinski definition) is 3. The van der Waals surface area contributed by atoms with Gasteiger partial charge in [-0.1, -0.05) is 26.2 Å². The number of carbonyl (C=O) groups is 1. The molecule has 1 aliphatic carbocycles. The van der Waals surface area contributed by atoms with Crippen LogP contribution in [0.15, 0.2) is 12.1 Å². The van der Waals surface area contributed by atoms with E-state index in [0.29, 0.717) is 12.5 Å². The fourth-order valence-electron chi connectivity index (χ4n) is 3.71. The summed E-state index contributed by atoms with van der Waals surface area (Å²) in [5.41, 5.74) is 9.81. The number of rotatable bonds is 4. The van der Waals surface area contributed by atoms with E-state index in [1.54, 1.807) is 0 Å². The minimum absolute atomic E-state index is 0.0564. The molecule has 1 aliphatic heterocycles. The summed E-state index contributed by atoms with van der Waals surface area (Å²) >= 11 is 0. The molecule has 4 N–H and O–H groups in total. The van der Waals surface area contributed by atoms with Crippen LogP contribution < -0.4 is 16.4 Å². The molecule has 4 nitrogen and oxygen atoms in total. The zero-order valence-corrected chi connectivity index (χ0v) is 12.7. The fourth-order valence-corrected chi connectivity index (χ4v) is 3.71. The average Bonchev–Trinajstić information content (AvgIpc) is 2.84. The molecule has 0 aromatic heterocycles. The maximum atomic E-state index is 11.5. The van der Waals surface area contributed by atoms with Gasteiger partial charge in [0.25, 0.3) is 0 Å². The highest BCUT2D eigenvalue weighted by molar-refractivity contribution is 6.00. The summed E-state index contributed by atoms with van der Waals surface area (Å²) in [5, 5.41) is 6.54. The van der Waals surface area contributed by atoms with Crippen LogP contribution in [-0.2, 0) is 11.2 Å². The van der Waals surface area contributed by atoms with Crippen LogP contribution in [-0.4, -0.2) is 11.9 Å². The van der Waals surface area contributed by atoms with Gasteiger partial charge in [-0.05, 0) is 42.9 Å². The lowest BCUT2D eigenvalue weighted by Gasteiger charge is -2.31. The SMILES string of the molecule is CCC(Nc1cc2c(cc1N)CC(=O)N2)C1CCCCC1. The van der Waals surface area contributed by atoms with E-state index in [9.17, 15) is 4.79 Å². The van der Waals surface area contributed by atoms with Gasteiger partial charge in [0.15, 0.2) is 0 Å².